The standard InChI is InChI=1S/C15H21Br2NO3/c1-3-11(18)7-10-8-12(16)15(13(17)9-10)21-6-4-5-14(19)20-2/h8-9,11H,3-7,18H2,1-2H3. The molecule has 118 valence electrons. The molecule has 0 fully saturated rings. The Balaban J connectivity index is 2.61. The van der Waals surface area contributed by atoms with Gasteiger partial charge in [-0.25, -0.2) is 0 Å². The van der Waals surface area contributed by atoms with Crippen LogP contribution in [0.5, 0.6) is 5.75 Å². The van der Waals surface area contributed by atoms with Gasteiger partial charge in [0.25, 0.3) is 0 Å². The molecule has 1 unspecified atom stereocenters. The van der Waals surface area contributed by atoms with Crippen LogP contribution in [0.15, 0.2) is 21.1 Å². The van der Waals surface area contributed by atoms with Crippen LogP contribution in [0.2, 0.25) is 0 Å². The van der Waals surface area contributed by atoms with Gasteiger partial charge < -0.3 is 15.2 Å². The van der Waals surface area contributed by atoms with E-state index in [1.54, 1.807) is 0 Å². The van der Waals surface area contributed by atoms with Crippen LogP contribution >= 0.6 is 31.9 Å². The summed E-state index contributed by atoms with van der Waals surface area (Å²) in [7, 11) is 1.39. The van der Waals surface area contributed by atoms with E-state index in [-0.39, 0.29) is 12.0 Å². The second kappa shape index (κ2) is 9.43. The van der Waals surface area contributed by atoms with Gasteiger partial charge in [-0.15, -0.1) is 0 Å². The second-order valence-electron chi connectivity index (χ2n) is 4.79. The zero-order valence-electron chi connectivity index (χ0n) is 12.3. The van der Waals surface area contributed by atoms with Crippen molar-refractivity contribution in [3.8, 4) is 5.75 Å². The summed E-state index contributed by atoms with van der Waals surface area (Å²) < 4.78 is 12.1. The third-order valence-electron chi connectivity index (χ3n) is 3.08. The molecule has 0 heterocycles. The van der Waals surface area contributed by atoms with E-state index in [2.05, 4.69) is 43.5 Å². The summed E-state index contributed by atoms with van der Waals surface area (Å²) in [5, 5.41) is 0. The van der Waals surface area contributed by atoms with E-state index in [9.17, 15) is 4.79 Å². The summed E-state index contributed by atoms with van der Waals surface area (Å²) in [5.74, 6) is 0.523. The number of nitrogens with two attached hydrogens (primary N) is 1. The number of methoxy groups -OCH3 is 1. The average molecular weight is 423 g/mol. The normalized spacial score (nSPS) is 12.0. The Bertz CT molecular complexity index is 457. The Hall–Kier alpha value is -0.590. The molecule has 21 heavy (non-hydrogen) atoms. The average Bonchev–Trinajstić information content (AvgIpc) is 2.45. The first-order valence-corrected chi connectivity index (χ1v) is 8.49. The molecule has 0 saturated heterocycles. The molecule has 0 aliphatic heterocycles. The van der Waals surface area contributed by atoms with Crippen LogP contribution < -0.4 is 10.5 Å². The Morgan fingerprint density at radius 1 is 1.33 bits per heavy atom. The number of halogens is 2. The van der Waals surface area contributed by atoms with Gasteiger partial charge in [0.1, 0.15) is 5.75 Å². The number of carbonyl (C=O) groups excluding carboxylic acids is 1. The van der Waals surface area contributed by atoms with Crippen molar-refractivity contribution < 1.29 is 14.3 Å². The van der Waals surface area contributed by atoms with Gasteiger partial charge in [0.2, 0.25) is 0 Å². The molecular formula is C15H21Br2NO3. The first-order chi connectivity index (χ1) is 9.97. The fourth-order valence-electron chi connectivity index (χ4n) is 1.81. The van der Waals surface area contributed by atoms with Crippen LogP contribution in [0.4, 0.5) is 0 Å². The molecule has 0 spiro atoms. The van der Waals surface area contributed by atoms with Gasteiger partial charge in [-0.2, -0.15) is 0 Å². The van der Waals surface area contributed by atoms with Crippen LogP contribution in [0.25, 0.3) is 0 Å². The van der Waals surface area contributed by atoms with Crippen molar-refractivity contribution >= 4 is 37.8 Å². The van der Waals surface area contributed by atoms with Crippen molar-refractivity contribution in [3.63, 3.8) is 0 Å². The summed E-state index contributed by atoms with van der Waals surface area (Å²) in [5.41, 5.74) is 7.13. The highest BCUT2D eigenvalue weighted by atomic mass is 79.9. The molecule has 0 amide bonds. The Morgan fingerprint density at radius 2 is 1.95 bits per heavy atom. The smallest absolute Gasteiger partial charge is 0.305 e. The van der Waals surface area contributed by atoms with Gasteiger partial charge in [0, 0.05) is 12.5 Å². The first-order valence-electron chi connectivity index (χ1n) is 6.91. The predicted molar refractivity (Wildman–Crippen MR) is 90.6 cm³/mol. The minimum Gasteiger partial charge on any atom is -0.491 e. The molecular weight excluding hydrogens is 402 g/mol. The molecule has 0 aromatic heterocycles. The van der Waals surface area contributed by atoms with Gasteiger partial charge in [-0.3, -0.25) is 4.79 Å². The van der Waals surface area contributed by atoms with Gasteiger partial charge >= 0.3 is 5.97 Å². The largest absolute Gasteiger partial charge is 0.491 e. The molecule has 1 aromatic carbocycles. The molecule has 0 saturated carbocycles. The molecule has 0 aliphatic carbocycles. The molecule has 0 radical (unpaired) electrons. The number of benzene rings is 1. The highest BCUT2D eigenvalue weighted by molar-refractivity contribution is 9.11. The molecule has 2 N–H and O–H groups in total. The lowest BCUT2D eigenvalue weighted by atomic mass is 10.0. The summed E-state index contributed by atoms with van der Waals surface area (Å²) >= 11 is 7.03. The lowest BCUT2D eigenvalue weighted by molar-refractivity contribution is -0.140. The van der Waals surface area contributed by atoms with E-state index in [1.165, 1.54) is 7.11 Å². The maximum atomic E-state index is 11.0. The summed E-state index contributed by atoms with van der Waals surface area (Å²) in [4.78, 5) is 11.0. The minimum atomic E-state index is -0.222. The monoisotopic (exact) mass is 421 g/mol. The van der Waals surface area contributed by atoms with Crippen LogP contribution in [0.1, 0.15) is 31.7 Å². The Kier molecular flexibility index (Phi) is 8.29. The van der Waals surface area contributed by atoms with Gasteiger partial charge in [0.05, 0.1) is 22.7 Å². The van der Waals surface area contributed by atoms with E-state index in [0.717, 1.165) is 33.1 Å². The minimum absolute atomic E-state index is 0.163. The second-order valence-corrected chi connectivity index (χ2v) is 6.50. The third-order valence-corrected chi connectivity index (χ3v) is 4.26. The maximum Gasteiger partial charge on any atom is 0.305 e. The molecule has 0 bridgehead atoms. The topological polar surface area (TPSA) is 61.5 Å². The summed E-state index contributed by atoms with van der Waals surface area (Å²) in [6, 6.07) is 4.21. The van der Waals surface area contributed by atoms with Crippen molar-refractivity contribution in [2.24, 2.45) is 5.73 Å². The Morgan fingerprint density at radius 3 is 2.48 bits per heavy atom. The molecule has 6 heteroatoms. The number of hydrogen-bond acceptors (Lipinski definition) is 4. The van der Waals surface area contributed by atoms with E-state index in [4.69, 9.17) is 10.5 Å². The maximum absolute atomic E-state index is 11.0. The van der Waals surface area contributed by atoms with Crippen molar-refractivity contribution in [2.45, 2.75) is 38.6 Å². The first kappa shape index (κ1) is 18.5. The van der Waals surface area contributed by atoms with Gasteiger partial charge in [0.15, 0.2) is 0 Å². The quantitative estimate of drug-likeness (QED) is 0.510. The highest BCUT2D eigenvalue weighted by Gasteiger charge is 2.11. The molecule has 1 aromatic rings. The van der Waals surface area contributed by atoms with E-state index in [0.29, 0.717) is 19.4 Å². The molecule has 4 nitrogen and oxygen atoms in total. The van der Waals surface area contributed by atoms with Crippen molar-refractivity contribution in [3.05, 3.63) is 26.6 Å². The fraction of sp³-hybridized carbons (Fsp3) is 0.533. The van der Waals surface area contributed by atoms with Gasteiger partial charge in [-0.05, 0) is 68.8 Å². The number of ether oxygens (including phenoxy) is 2. The van der Waals surface area contributed by atoms with Crippen LogP contribution in [0, 0.1) is 0 Å². The third kappa shape index (κ3) is 6.36. The van der Waals surface area contributed by atoms with Crippen LogP contribution in [-0.4, -0.2) is 25.7 Å². The number of rotatable bonds is 8. The van der Waals surface area contributed by atoms with Crippen LogP contribution in [-0.2, 0) is 16.0 Å². The van der Waals surface area contributed by atoms with Crippen molar-refractivity contribution in [1.29, 1.82) is 0 Å². The molecule has 1 atom stereocenters. The van der Waals surface area contributed by atoms with E-state index in [1.807, 2.05) is 12.1 Å². The number of carbonyl (C=O) groups is 1. The van der Waals surface area contributed by atoms with Crippen molar-refractivity contribution in [2.75, 3.05) is 13.7 Å². The molecule has 1 rings (SSSR count). The summed E-state index contributed by atoms with van der Waals surface area (Å²) in [6.45, 7) is 2.54. The van der Waals surface area contributed by atoms with E-state index < -0.39 is 0 Å². The zero-order valence-corrected chi connectivity index (χ0v) is 15.5. The number of hydrogen-bond donors (Lipinski definition) is 1. The van der Waals surface area contributed by atoms with Gasteiger partial charge in [-0.1, -0.05) is 6.92 Å². The highest BCUT2D eigenvalue weighted by Crippen LogP contribution is 2.35. The molecule has 0 aliphatic rings. The van der Waals surface area contributed by atoms with E-state index >= 15 is 0 Å². The predicted octanol–water partition coefficient (Wildman–Crippen LogP) is 3.82. The Labute approximate surface area is 142 Å². The van der Waals surface area contributed by atoms with Crippen LogP contribution in [0.3, 0.4) is 0 Å². The zero-order chi connectivity index (χ0) is 15.8. The lowest BCUT2D eigenvalue weighted by Crippen LogP contribution is -2.21. The lowest BCUT2D eigenvalue weighted by Gasteiger charge is -2.14. The van der Waals surface area contributed by atoms with Crippen molar-refractivity contribution in [1.82, 2.24) is 0 Å². The SMILES string of the molecule is CCC(N)Cc1cc(Br)c(OCCCC(=O)OC)c(Br)c1. The fourth-order valence-corrected chi connectivity index (χ4v) is 3.32. The summed E-state index contributed by atoms with van der Waals surface area (Å²) in [6.07, 6.45) is 2.75. The number of esters is 1.